The van der Waals surface area contributed by atoms with Crippen molar-refractivity contribution in [3.63, 3.8) is 0 Å². The van der Waals surface area contributed by atoms with Gasteiger partial charge in [-0.3, -0.25) is 4.79 Å². The van der Waals surface area contributed by atoms with Gasteiger partial charge in [0, 0.05) is 18.2 Å². The van der Waals surface area contributed by atoms with Crippen molar-refractivity contribution < 1.29 is 18.4 Å². The quantitative estimate of drug-likeness (QED) is 0.480. The van der Waals surface area contributed by atoms with E-state index in [0.717, 1.165) is 11.1 Å². The number of nitrogens with zero attached hydrogens (tertiary/aromatic N) is 3. The molecule has 0 aliphatic carbocycles. The van der Waals surface area contributed by atoms with Crippen molar-refractivity contribution in [3.8, 4) is 11.7 Å². The van der Waals surface area contributed by atoms with Crippen LogP contribution in [-0.2, 0) is 16.1 Å². The number of carbonyl (C=O) groups excluding carboxylic acids is 1. The third kappa shape index (κ3) is 3.88. The van der Waals surface area contributed by atoms with Crippen molar-refractivity contribution in [2.24, 2.45) is 4.99 Å². The SMILES string of the molecule is COCc1ccc(-c2nnc(NC3N=C(c4ccccc4)c4ccccc4NC3=O)o2)o1. The van der Waals surface area contributed by atoms with Crippen molar-refractivity contribution >= 4 is 23.3 Å². The standard InChI is InChI=1S/C23H19N5O4/c1-30-13-15-11-12-18(31-15)22-27-28-23(32-22)26-20-21(29)24-17-10-6-5-9-16(17)19(25-20)14-7-3-2-4-8-14/h2-12,20H,13H2,1H3,(H,24,29)(H,26,28). The summed E-state index contributed by atoms with van der Waals surface area (Å²) >= 11 is 0. The average molecular weight is 429 g/mol. The van der Waals surface area contributed by atoms with E-state index < -0.39 is 6.17 Å². The van der Waals surface area contributed by atoms with Gasteiger partial charge in [0.15, 0.2) is 5.76 Å². The molecule has 1 atom stereocenters. The van der Waals surface area contributed by atoms with Crippen LogP contribution in [0.4, 0.5) is 11.7 Å². The van der Waals surface area contributed by atoms with Gasteiger partial charge in [-0.15, -0.1) is 5.10 Å². The molecule has 4 aromatic rings. The molecule has 1 aliphatic heterocycles. The summed E-state index contributed by atoms with van der Waals surface area (Å²) in [6.07, 6.45) is -0.980. The molecule has 0 fully saturated rings. The van der Waals surface area contributed by atoms with E-state index in [0.29, 0.717) is 29.5 Å². The third-order valence-corrected chi connectivity index (χ3v) is 4.84. The average Bonchev–Trinajstić information content (AvgIpc) is 3.44. The van der Waals surface area contributed by atoms with Crippen molar-refractivity contribution in [2.75, 3.05) is 17.7 Å². The van der Waals surface area contributed by atoms with Gasteiger partial charge >= 0.3 is 6.01 Å². The number of benzene rings is 2. The predicted molar refractivity (Wildman–Crippen MR) is 117 cm³/mol. The molecule has 0 bridgehead atoms. The van der Waals surface area contributed by atoms with Crippen LogP contribution in [0.5, 0.6) is 0 Å². The number of rotatable bonds is 6. The number of methoxy groups -OCH3 is 1. The Morgan fingerprint density at radius 1 is 1.00 bits per heavy atom. The molecule has 2 aromatic carbocycles. The lowest BCUT2D eigenvalue weighted by Gasteiger charge is -2.11. The molecule has 1 aliphatic rings. The highest BCUT2D eigenvalue weighted by Gasteiger charge is 2.27. The number of benzodiazepines with no additional fused rings is 1. The fraction of sp³-hybridized carbons (Fsp3) is 0.130. The Morgan fingerprint density at radius 2 is 1.81 bits per heavy atom. The smallest absolute Gasteiger partial charge is 0.317 e. The van der Waals surface area contributed by atoms with Crippen LogP contribution in [0.2, 0.25) is 0 Å². The van der Waals surface area contributed by atoms with Crippen LogP contribution in [0.1, 0.15) is 16.9 Å². The van der Waals surface area contributed by atoms with Crippen molar-refractivity contribution in [1.82, 2.24) is 10.2 Å². The minimum absolute atomic E-state index is 0.0481. The third-order valence-electron chi connectivity index (χ3n) is 4.84. The lowest BCUT2D eigenvalue weighted by Crippen LogP contribution is -2.32. The molecule has 0 saturated heterocycles. The molecule has 32 heavy (non-hydrogen) atoms. The van der Waals surface area contributed by atoms with E-state index in [1.807, 2.05) is 54.6 Å². The van der Waals surface area contributed by atoms with Gasteiger partial charge in [-0.1, -0.05) is 53.6 Å². The van der Waals surface area contributed by atoms with Crippen LogP contribution in [0.25, 0.3) is 11.7 Å². The number of para-hydroxylation sites is 1. The second-order valence-electron chi connectivity index (χ2n) is 7.04. The maximum atomic E-state index is 12.9. The van der Waals surface area contributed by atoms with Crippen LogP contribution >= 0.6 is 0 Å². The molecule has 160 valence electrons. The molecule has 2 aromatic heterocycles. The molecular weight excluding hydrogens is 410 g/mol. The van der Waals surface area contributed by atoms with Gasteiger partial charge in [0.25, 0.3) is 11.8 Å². The van der Waals surface area contributed by atoms with E-state index in [1.165, 1.54) is 0 Å². The highest BCUT2D eigenvalue weighted by atomic mass is 16.5. The summed E-state index contributed by atoms with van der Waals surface area (Å²) in [5.41, 5.74) is 3.06. The first kappa shape index (κ1) is 19.7. The van der Waals surface area contributed by atoms with Gasteiger partial charge < -0.3 is 24.2 Å². The highest BCUT2D eigenvalue weighted by molar-refractivity contribution is 6.19. The van der Waals surface area contributed by atoms with Crippen LogP contribution in [-0.4, -0.2) is 35.1 Å². The molecule has 0 radical (unpaired) electrons. The zero-order chi connectivity index (χ0) is 21.9. The molecule has 0 saturated carbocycles. The van der Waals surface area contributed by atoms with E-state index in [-0.39, 0.29) is 17.8 Å². The minimum Gasteiger partial charge on any atom is -0.453 e. The summed E-state index contributed by atoms with van der Waals surface area (Å²) in [6, 6.07) is 20.7. The Balaban J connectivity index is 1.46. The summed E-state index contributed by atoms with van der Waals surface area (Å²) in [4.78, 5) is 17.6. The molecule has 9 nitrogen and oxygen atoms in total. The van der Waals surface area contributed by atoms with Gasteiger partial charge in [-0.2, -0.15) is 0 Å². The van der Waals surface area contributed by atoms with E-state index in [9.17, 15) is 4.79 Å². The molecule has 3 heterocycles. The second kappa shape index (κ2) is 8.48. The van der Waals surface area contributed by atoms with E-state index in [1.54, 1.807) is 19.2 Å². The van der Waals surface area contributed by atoms with Crippen LogP contribution in [0.15, 0.2) is 80.6 Å². The highest BCUT2D eigenvalue weighted by Crippen LogP contribution is 2.26. The van der Waals surface area contributed by atoms with Gasteiger partial charge in [-0.25, -0.2) is 4.99 Å². The molecular formula is C23H19N5O4. The van der Waals surface area contributed by atoms with Crippen LogP contribution in [0.3, 0.4) is 0 Å². The monoisotopic (exact) mass is 429 g/mol. The Kier molecular flexibility index (Phi) is 5.22. The fourth-order valence-corrected chi connectivity index (χ4v) is 3.39. The van der Waals surface area contributed by atoms with Crippen molar-refractivity contribution in [3.05, 3.63) is 83.6 Å². The molecule has 0 spiro atoms. The number of anilines is 2. The first-order chi connectivity index (χ1) is 15.7. The fourth-order valence-electron chi connectivity index (χ4n) is 3.39. The first-order valence-corrected chi connectivity index (χ1v) is 9.93. The zero-order valence-corrected chi connectivity index (χ0v) is 17.1. The largest absolute Gasteiger partial charge is 0.453 e. The Hall–Kier alpha value is -4.24. The van der Waals surface area contributed by atoms with Crippen LogP contribution < -0.4 is 10.6 Å². The van der Waals surface area contributed by atoms with Gasteiger partial charge in [0.1, 0.15) is 12.4 Å². The molecule has 1 unspecified atom stereocenters. The number of carbonyl (C=O) groups is 1. The van der Waals surface area contributed by atoms with E-state index in [4.69, 9.17) is 18.6 Å². The Labute approximate surface area is 183 Å². The maximum Gasteiger partial charge on any atom is 0.317 e. The summed E-state index contributed by atoms with van der Waals surface area (Å²) < 4.78 is 16.3. The summed E-state index contributed by atoms with van der Waals surface area (Å²) in [7, 11) is 1.58. The molecule has 1 amide bonds. The number of aliphatic imine (C=N–C) groups is 1. The minimum atomic E-state index is -0.980. The van der Waals surface area contributed by atoms with Crippen molar-refractivity contribution in [2.45, 2.75) is 12.8 Å². The lowest BCUT2D eigenvalue weighted by atomic mass is 10.0. The van der Waals surface area contributed by atoms with Crippen LogP contribution in [0, 0.1) is 0 Å². The number of hydrogen-bond donors (Lipinski definition) is 2. The predicted octanol–water partition coefficient (Wildman–Crippen LogP) is 3.70. The Morgan fingerprint density at radius 3 is 2.66 bits per heavy atom. The number of furan rings is 1. The maximum absolute atomic E-state index is 12.9. The summed E-state index contributed by atoms with van der Waals surface area (Å²) in [6.45, 7) is 0.332. The lowest BCUT2D eigenvalue weighted by molar-refractivity contribution is -0.116. The molecule has 5 rings (SSSR count). The summed E-state index contributed by atoms with van der Waals surface area (Å²) in [5.74, 6) is 0.875. The number of hydrogen-bond acceptors (Lipinski definition) is 8. The molecule has 9 heteroatoms. The van der Waals surface area contributed by atoms with Crippen molar-refractivity contribution in [1.29, 1.82) is 0 Å². The van der Waals surface area contributed by atoms with E-state index >= 15 is 0 Å². The van der Waals surface area contributed by atoms with Gasteiger partial charge in [0.2, 0.25) is 6.17 Å². The van der Waals surface area contributed by atoms with E-state index in [2.05, 4.69) is 20.8 Å². The number of fused-ring (bicyclic) bond motifs is 1. The summed E-state index contributed by atoms with van der Waals surface area (Å²) in [5, 5.41) is 13.8. The Bertz CT molecular complexity index is 1280. The normalized spacial score (nSPS) is 15.5. The van der Waals surface area contributed by atoms with Gasteiger partial charge in [0.05, 0.1) is 11.4 Å². The molecule has 2 N–H and O–H groups in total. The zero-order valence-electron chi connectivity index (χ0n) is 17.1. The number of aromatic nitrogens is 2. The van der Waals surface area contributed by atoms with Gasteiger partial charge in [-0.05, 0) is 18.2 Å². The number of amides is 1. The first-order valence-electron chi connectivity index (χ1n) is 9.93. The number of nitrogens with one attached hydrogen (secondary N) is 2. The second-order valence-corrected chi connectivity index (χ2v) is 7.04. The number of ether oxygens (including phenoxy) is 1. The topological polar surface area (TPSA) is 115 Å².